The van der Waals surface area contributed by atoms with E-state index < -0.39 is 83.0 Å². The van der Waals surface area contributed by atoms with Crippen LogP contribution in [0.25, 0.3) is 0 Å². The van der Waals surface area contributed by atoms with Gasteiger partial charge in [-0.1, -0.05) is 39.7 Å². The van der Waals surface area contributed by atoms with Crippen molar-refractivity contribution in [2.75, 3.05) is 6.86 Å². The molecule has 0 heterocycles. The molecule has 7 nitrogen and oxygen atoms in total. The number of hydrogen-bond acceptors (Lipinski definition) is 7. The molecule has 41 heavy (non-hydrogen) atoms. The first-order valence-corrected chi connectivity index (χ1v) is 14.9. The van der Waals surface area contributed by atoms with E-state index in [1.165, 1.54) is 19.1 Å². The lowest BCUT2D eigenvalue weighted by atomic mass is 9.44. The SMILES string of the molecule is CCC(OC(=O)O[C@@]1(C(=O)OCF)[C@H](C)C[C@H]2[C@@H]3C[C@H](F)C4=CC(=O)C=C[C@]4(C)C3(F)[C@@H](O)C[C@@]21C)C1CCCC1. The Balaban J connectivity index is 1.54. The molecule has 0 radical (unpaired) electrons. The van der Waals surface area contributed by atoms with Gasteiger partial charge in [0.25, 0.3) is 0 Å². The van der Waals surface area contributed by atoms with E-state index in [4.69, 9.17) is 14.2 Å². The van der Waals surface area contributed by atoms with Crippen LogP contribution < -0.4 is 0 Å². The van der Waals surface area contributed by atoms with Crippen molar-refractivity contribution in [3.8, 4) is 0 Å². The summed E-state index contributed by atoms with van der Waals surface area (Å²) in [5.41, 5.74) is -7.53. The molecule has 0 saturated heterocycles. The van der Waals surface area contributed by atoms with Crippen molar-refractivity contribution in [3.63, 3.8) is 0 Å². The number of carbonyl (C=O) groups is 3. The van der Waals surface area contributed by atoms with Gasteiger partial charge in [0.2, 0.25) is 12.5 Å². The molecule has 5 rings (SSSR count). The van der Waals surface area contributed by atoms with Gasteiger partial charge in [0, 0.05) is 22.7 Å². The molecule has 0 spiro atoms. The molecular formula is C31H41F3O7. The van der Waals surface area contributed by atoms with Crippen LogP contribution >= 0.6 is 0 Å². The fraction of sp³-hybridized carbons (Fsp3) is 0.774. The first kappa shape index (κ1) is 30.1. The Morgan fingerprint density at radius 2 is 1.85 bits per heavy atom. The summed E-state index contributed by atoms with van der Waals surface area (Å²) in [7, 11) is 0. The van der Waals surface area contributed by atoms with E-state index >= 15 is 8.78 Å². The molecule has 5 aliphatic rings. The fourth-order valence-corrected chi connectivity index (χ4v) is 9.50. The van der Waals surface area contributed by atoms with Gasteiger partial charge in [-0.05, 0) is 75.0 Å². The first-order valence-electron chi connectivity index (χ1n) is 14.9. The number of alkyl halides is 3. The number of esters is 1. The maximum Gasteiger partial charge on any atom is 0.509 e. The highest BCUT2D eigenvalue weighted by Gasteiger charge is 2.79. The lowest BCUT2D eigenvalue weighted by Crippen LogP contribution is -2.71. The third-order valence-electron chi connectivity index (χ3n) is 11.5. The van der Waals surface area contributed by atoms with Crippen molar-refractivity contribution in [1.29, 1.82) is 0 Å². The Hall–Kier alpha value is -2.36. The third kappa shape index (κ3) is 4.13. The van der Waals surface area contributed by atoms with E-state index in [-0.39, 0.29) is 30.8 Å². The standard InChI is InChI=1S/C31H41F3O7/c1-5-24(18-8-6-7-9-18)40-27(38)41-31(26(37)39-16-32)17(2)12-20-21-14-23(33)22-13-19(35)10-11-28(22,3)30(21,34)25(36)15-29(20,31)4/h10-11,13,17-18,20-21,23-25,36H,5-9,12,14-16H2,1-4H3/t17-,20+,21+,23+,24?,25+,28+,29+,30?,31-/m1/s1. The molecule has 10 atom stereocenters. The smallest absolute Gasteiger partial charge is 0.431 e. The molecule has 5 aliphatic carbocycles. The average molecular weight is 583 g/mol. The van der Waals surface area contributed by atoms with E-state index in [9.17, 15) is 23.9 Å². The van der Waals surface area contributed by atoms with Crippen LogP contribution in [0.15, 0.2) is 23.8 Å². The molecule has 0 amide bonds. The van der Waals surface area contributed by atoms with Crippen molar-refractivity contribution < 1.29 is 46.9 Å². The molecular weight excluding hydrogens is 541 g/mol. The van der Waals surface area contributed by atoms with Crippen LogP contribution in [-0.2, 0) is 23.8 Å². The van der Waals surface area contributed by atoms with Crippen molar-refractivity contribution in [3.05, 3.63) is 23.8 Å². The quantitative estimate of drug-likeness (QED) is 0.391. The number of aliphatic hydroxyl groups is 1. The van der Waals surface area contributed by atoms with Crippen molar-refractivity contribution >= 4 is 17.9 Å². The average Bonchev–Trinajstić information content (AvgIpc) is 3.52. The van der Waals surface area contributed by atoms with Crippen LogP contribution in [0.3, 0.4) is 0 Å². The summed E-state index contributed by atoms with van der Waals surface area (Å²) in [6, 6.07) is 0. The van der Waals surface area contributed by atoms with Gasteiger partial charge in [-0.3, -0.25) is 4.79 Å². The summed E-state index contributed by atoms with van der Waals surface area (Å²) < 4.78 is 63.2. The third-order valence-corrected chi connectivity index (χ3v) is 11.5. The highest BCUT2D eigenvalue weighted by molar-refractivity contribution is 6.01. The number of aliphatic hydroxyl groups excluding tert-OH is 1. The zero-order valence-electron chi connectivity index (χ0n) is 24.2. The molecule has 2 unspecified atom stereocenters. The normalized spacial score (nSPS) is 44.3. The van der Waals surface area contributed by atoms with Gasteiger partial charge >= 0.3 is 12.1 Å². The predicted octanol–water partition coefficient (Wildman–Crippen LogP) is 5.88. The van der Waals surface area contributed by atoms with E-state index in [0.29, 0.717) is 6.42 Å². The number of hydrogen-bond donors (Lipinski definition) is 1. The first-order chi connectivity index (χ1) is 19.3. The second kappa shape index (κ2) is 10.4. The van der Waals surface area contributed by atoms with E-state index in [1.807, 2.05) is 6.92 Å². The molecule has 0 aromatic heterocycles. The second-order valence-electron chi connectivity index (χ2n) is 13.2. The van der Waals surface area contributed by atoms with E-state index in [2.05, 4.69) is 0 Å². The minimum atomic E-state index is -2.38. The van der Waals surface area contributed by atoms with Gasteiger partial charge in [-0.15, -0.1) is 0 Å². The molecule has 4 saturated carbocycles. The van der Waals surface area contributed by atoms with Crippen molar-refractivity contribution in [2.45, 2.75) is 109 Å². The monoisotopic (exact) mass is 582 g/mol. The summed E-state index contributed by atoms with van der Waals surface area (Å²) in [6.45, 7) is 5.15. The number of fused-ring (bicyclic) bond motifs is 5. The highest BCUT2D eigenvalue weighted by Crippen LogP contribution is 2.71. The van der Waals surface area contributed by atoms with Crippen molar-refractivity contribution in [2.24, 2.45) is 34.5 Å². The zero-order chi connectivity index (χ0) is 30.0. The Bertz CT molecular complexity index is 1150. The van der Waals surface area contributed by atoms with Crippen molar-refractivity contribution in [1.82, 2.24) is 0 Å². The number of ketones is 1. The van der Waals surface area contributed by atoms with Gasteiger partial charge in [-0.2, -0.15) is 0 Å². The predicted molar refractivity (Wildman–Crippen MR) is 142 cm³/mol. The summed E-state index contributed by atoms with van der Waals surface area (Å²) >= 11 is 0. The van der Waals surface area contributed by atoms with Crippen LogP contribution in [-0.4, -0.2) is 59.5 Å². The zero-order valence-corrected chi connectivity index (χ0v) is 24.2. The number of rotatable bonds is 6. The summed E-state index contributed by atoms with van der Waals surface area (Å²) in [5, 5.41) is 11.6. The largest absolute Gasteiger partial charge is 0.509 e. The number of carbonyl (C=O) groups excluding carboxylic acids is 3. The Morgan fingerprint density at radius 1 is 1.17 bits per heavy atom. The topological polar surface area (TPSA) is 99.1 Å². The Labute approximate surface area is 238 Å². The lowest BCUT2D eigenvalue weighted by molar-refractivity contribution is -0.235. The van der Waals surface area contributed by atoms with Gasteiger partial charge in [0.05, 0.1) is 6.10 Å². The van der Waals surface area contributed by atoms with Gasteiger partial charge in [0.1, 0.15) is 12.3 Å². The maximum absolute atomic E-state index is 17.5. The highest BCUT2D eigenvalue weighted by atomic mass is 19.1. The van der Waals surface area contributed by atoms with Crippen LogP contribution in [0.2, 0.25) is 0 Å². The van der Waals surface area contributed by atoms with Crippen LogP contribution in [0, 0.1) is 34.5 Å². The minimum absolute atomic E-state index is 0.0158. The van der Waals surface area contributed by atoms with E-state index in [0.717, 1.165) is 31.8 Å². The summed E-state index contributed by atoms with van der Waals surface area (Å²) in [6.07, 6.45) is 2.60. The molecule has 10 heteroatoms. The second-order valence-corrected chi connectivity index (χ2v) is 13.2. The molecule has 0 aromatic rings. The molecule has 0 bridgehead atoms. The molecule has 228 valence electrons. The summed E-state index contributed by atoms with van der Waals surface area (Å²) in [4.78, 5) is 39.1. The molecule has 1 N–H and O–H groups in total. The molecule has 0 aromatic carbocycles. The number of ether oxygens (including phenoxy) is 3. The number of allylic oxidation sites excluding steroid dienone is 4. The molecule has 4 fully saturated rings. The number of halogens is 3. The Morgan fingerprint density at radius 3 is 2.49 bits per heavy atom. The van der Waals surface area contributed by atoms with Crippen LogP contribution in [0.1, 0.15) is 79.1 Å². The van der Waals surface area contributed by atoms with E-state index in [1.54, 1.807) is 13.8 Å². The van der Waals surface area contributed by atoms with Crippen LogP contribution in [0.4, 0.5) is 18.0 Å². The Kier molecular flexibility index (Phi) is 7.65. The maximum atomic E-state index is 17.5. The van der Waals surface area contributed by atoms with Gasteiger partial charge in [-0.25, -0.2) is 22.8 Å². The van der Waals surface area contributed by atoms with Gasteiger partial charge < -0.3 is 19.3 Å². The minimum Gasteiger partial charge on any atom is -0.431 e. The summed E-state index contributed by atoms with van der Waals surface area (Å²) in [5.74, 6) is -4.05. The fourth-order valence-electron chi connectivity index (χ4n) is 9.50. The molecule has 0 aliphatic heterocycles. The van der Waals surface area contributed by atoms with Crippen LogP contribution in [0.5, 0.6) is 0 Å². The lowest BCUT2D eigenvalue weighted by Gasteiger charge is -2.62. The van der Waals surface area contributed by atoms with Gasteiger partial charge in [0.15, 0.2) is 11.5 Å².